The molecule has 2 N–H and O–H groups in total. The van der Waals surface area contributed by atoms with Gasteiger partial charge in [0.25, 0.3) is 0 Å². The Bertz CT molecular complexity index is 878. The lowest BCUT2D eigenvalue weighted by Crippen LogP contribution is -2.43. The number of hydrogen-bond acceptors (Lipinski definition) is 5. The van der Waals surface area contributed by atoms with Crippen LogP contribution in [0.4, 0.5) is 0 Å². The maximum Gasteiger partial charge on any atom is 0.345 e. The van der Waals surface area contributed by atoms with Crippen LogP contribution in [0.3, 0.4) is 0 Å². The van der Waals surface area contributed by atoms with Crippen molar-refractivity contribution in [3.8, 4) is 0 Å². The molecule has 2 aromatic heterocycles. The standard InChI is InChI=1S/C21H33N7O2/c1-22-20(24-16-17(18-8-6-15-30-18)26-11-4-5-12-26)23-10-7-14-28-21(29)27-13-3-2-9-19(27)25-28/h6,8,15,17H,2-5,7,9-14,16H2,1H3,(H2,22,23,24). The molecule has 1 atom stereocenters. The maximum absolute atomic E-state index is 12.4. The van der Waals surface area contributed by atoms with Gasteiger partial charge in [-0.25, -0.2) is 9.48 Å². The Kier molecular flexibility index (Phi) is 6.88. The molecule has 4 rings (SSSR count). The summed E-state index contributed by atoms with van der Waals surface area (Å²) >= 11 is 0. The lowest BCUT2D eigenvalue weighted by Gasteiger charge is -2.26. The molecule has 0 amide bonds. The lowest BCUT2D eigenvalue weighted by molar-refractivity contribution is 0.215. The first-order chi connectivity index (χ1) is 14.8. The minimum absolute atomic E-state index is 0.0270. The van der Waals surface area contributed by atoms with E-state index in [-0.39, 0.29) is 11.7 Å². The number of nitrogens with zero attached hydrogens (tertiary/aromatic N) is 5. The Morgan fingerprint density at radius 1 is 1.23 bits per heavy atom. The van der Waals surface area contributed by atoms with Gasteiger partial charge >= 0.3 is 5.69 Å². The number of furan rings is 1. The molecule has 2 aliphatic rings. The molecular formula is C21H33N7O2. The molecule has 1 saturated heterocycles. The molecule has 9 heteroatoms. The van der Waals surface area contributed by atoms with Gasteiger partial charge in [0, 0.05) is 39.6 Å². The summed E-state index contributed by atoms with van der Waals surface area (Å²) in [4.78, 5) is 19.2. The summed E-state index contributed by atoms with van der Waals surface area (Å²) in [5.41, 5.74) is 0.0270. The highest BCUT2D eigenvalue weighted by molar-refractivity contribution is 5.79. The van der Waals surface area contributed by atoms with Gasteiger partial charge in [0.15, 0.2) is 5.96 Å². The molecule has 0 radical (unpaired) electrons. The second kappa shape index (κ2) is 9.97. The second-order valence-electron chi connectivity index (χ2n) is 8.04. The van der Waals surface area contributed by atoms with Crippen LogP contribution in [-0.2, 0) is 19.5 Å². The fourth-order valence-corrected chi connectivity index (χ4v) is 4.39. The van der Waals surface area contributed by atoms with E-state index in [0.717, 1.165) is 76.0 Å². The summed E-state index contributed by atoms with van der Waals surface area (Å²) in [7, 11) is 1.78. The molecule has 0 spiro atoms. The molecule has 9 nitrogen and oxygen atoms in total. The molecule has 0 saturated carbocycles. The zero-order valence-corrected chi connectivity index (χ0v) is 17.8. The van der Waals surface area contributed by atoms with Crippen molar-refractivity contribution in [2.24, 2.45) is 4.99 Å². The van der Waals surface area contributed by atoms with Crippen LogP contribution in [0.1, 0.15) is 49.7 Å². The number of aliphatic imine (C=N–C) groups is 1. The van der Waals surface area contributed by atoms with E-state index in [1.165, 1.54) is 12.8 Å². The third-order valence-electron chi connectivity index (χ3n) is 6.01. The van der Waals surface area contributed by atoms with E-state index in [0.29, 0.717) is 6.54 Å². The van der Waals surface area contributed by atoms with Crippen molar-refractivity contribution in [2.45, 2.75) is 57.7 Å². The maximum atomic E-state index is 12.4. The molecule has 30 heavy (non-hydrogen) atoms. The highest BCUT2D eigenvalue weighted by atomic mass is 16.3. The Balaban J connectivity index is 1.25. The van der Waals surface area contributed by atoms with Crippen molar-refractivity contribution in [1.29, 1.82) is 0 Å². The molecule has 0 aliphatic carbocycles. The summed E-state index contributed by atoms with van der Waals surface area (Å²) < 4.78 is 9.12. The van der Waals surface area contributed by atoms with Gasteiger partial charge in [0.2, 0.25) is 0 Å². The van der Waals surface area contributed by atoms with Crippen LogP contribution in [-0.4, -0.2) is 58.4 Å². The molecular weight excluding hydrogens is 382 g/mol. The number of rotatable bonds is 8. The first-order valence-corrected chi connectivity index (χ1v) is 11.1. The molecule has 164 valence electrons. The van der Waals surface area contributed by atoms with Crippen LogP contribution < -0.4 is 16.3 Å². The molecule has 0 aromatic carbocycles. The fourth-order valence-electron chi connectivity index (χ4n) is 4.39. The Morgan fingerprint density at radius 3 is 2.80 bits per heavy atom. The molecule has 2 aliphatic heterocycles. The number of guanidine groups is 1. The van der Waals surface area contributed by atoms with Crippen molar-refractivity contribution in [2.75, 3.05) is 33.2 Å². The van der Waals surface area contributed by atoms with Crippen LogP contribution in [0.25, 0.3) is 0 Å². The number of aromatic nitrogens is 3. The predicted octanol–water partition coefficient (Wildman–Crippen LogP) is 1.37. The Hall–Kier alpha value is -2.55. The Morgan fingerprint density at radius 2 is 2.07 bits per heavy atom. The third-order valence-corrected chi connectivity index (χ3v) is 6.01. The normalized spacial score (nSPS) is 18.4. The van der Waals surface area contributed by atoms with Crippen LogP contribution >= 0.6 is 0 Å². The topological polar surface area (TPSA) is 92.6 Å². The van der Waals surface area contributed by atoms with Gasteiger partial charge in [-0.05, 0) is 57.3 Å². The fraction of sp³-hybridized carbons (Fsp3) is 0.667. The van der Waals surface area contributed by atoms with Gasteiger partial charge < -0.3 is 15.1 Å². The molecule has 1 fully saturated rings. The SMILES string of the molecule is CN=C(NCCCn1nc2n(c1=O)CCCC2)NCC(c1ccco1)N1CCCC1. The van der Waals surface area contributed by atoms with Gasteiger partial charge in [-0.3, -0.25) is 14.5 Å². The summed E-state index contributed by atoms with van der Waals surface area (Å²) in [6.07, 6.45) is 8.12. The van der Waals surface area contributed by atoms with E-state index in [1.807, 2.05) is 16.7 Å². The van der Waals surface area contributed by atoms with E-state index in [2.05, 4.69) is 25.6 Å². The van der Waals surface area contributed by atoms with Crippen molar-refractivity contribution >= 4 is 5.96 Å². The molecule has 1 unspecified atom stereocenters. The van der Waals surface area contributed by atoms with Crippen molar-refractivity contribution in [1.82, 2.24) is 29.9 Å². The van der Waals surface area contributed by atoms with Crippen LogP contribution in [0.2, 0.25) is 0 Å². The van der Waals surface area contributed by atoms with Gasteiger partial charge in [-0.15, -0.1) is 0 Å². The first-order valence-electron chi connectivity index (χ1n) is 11.1. The zero-order valence-electron chi connectivity index (χ0n) is 17.8. The average molecular weight is 416 g/mol. The zero-order chi connectivity index (χ0) is 20.8. The highest BCUT2D eigenvalue weighted by Crippen LogP contribution is 2.24. The van der Waals surface area contributed by atoms with Gasteiger partial charge in [-0.1, -0.05) is 0 Å². The quantitative estimate of drug-likeness (QED) is 0.384. The smallest absolute Gasteiger partial charge is 0.345 e. The van der Waals surface area contributed by atoms with E-state index in [9.17, 15) is 4.79 Å². The third kappa shape index (κ3) is 4.77. The van der Waals surface area contributed by atoms with E-state index in [1.54, 1.807) is 18.0 Å². The number of aryl methyl sites for hydroxylation is 2. The highest BCUT2D eigenvalue weighted by Gasteiger charge is 2.25. The Labute approximate surface area is 177 Å². The van der Waals surface area contributed by atoms with E-state index >= 15 is 0 Å². The van der Waals surface area contributed by atoms with Crippen LogP contribution in [0, 0.1) is 0 Å². The minimum Gasteiger partial charge on any atom is -0.468 e. The number of fused-ring (bicyclic) bond motifs is 1. The summed E-state index contributed by atoms with van der Waals surface area (Å²) in [6, 6.07) is 4.20. The monoisotopic (exact) mass is 415 g/mol. The number of nitrogens with one attached hydrogen (secondary N) is 2. The number of likely N-dealkylation sites (tertiary alicyclic amines) is 1. The molecule has 0 bridgehead atoms. The van der Waals surface area contributed by atoms with Gasteiger partial charge in [0.05, 0.1) is 12.3 Å². The van der Waals surface area contributed by atoms with Crippen LogP contribution in [0.5, 0.6) is 0 Å². The van der Waals surface area contributed by atoms with E-state index < -0.39 is 0 Å². The minimum atomic E-state index is 0.0270. The second-order valence-corrected chi connectivity index (χ2v) is 8.04. The molecule has 2 aromatic rings. The van der Waals surface area contributed by atoms with E-state index in [4.69, 9.17) is 4.42 Å². The van der Waals surface area contributed by atoms with Gasteiger partial charge in [0.1, 0.15) is 11.6 Å². The predicted molar refractivity (Wildman–Crippen MR) is 116 cm³/mol. The number of hydrogen-bond donors (Lipinski definition) is 2. The average Bonchev–Trinajstić information content (AvgIpc) is 3.53. The van der Waals surface area contributed by atoms with Crippen LogP contribution in [0.15, 0.2) is 32.6 Å². The largest absolute Gasteiger partial charge is 0.468 e. The first kappa shape index (κ1) is 20.7. The summed E-state index contributed by atoms with van der Waals surface area (Å²) in [5, 5.41) is 11.3. The summed E-state index contributed by atoms with van der Waals surface area (Å²) in [5.74, 6) is 2.69. The lowest BCUT2D eigenvalue weighted by atomic mass is 10.2. The summed E-state index contributed by atoms with van der Waals surface area (Å²) in [6.45, 7) is 5.08. The van der Waals surface area contributed by atoms with Crippen molar-refractivity contribution in [3.63, 3.8) is 0 Å². The van der Waals surface area contributed by atoms with Crippen molar-refractivity contribution < 1.29 is 4.42 Å². The van der Waals surface area contributed by atoms with Crippen molar-refractivity contribution in [3.05, 3.63) is 40.5 Å². The molecule has 4 heterocycles. The van der Waals surface area contributed by atoms with Gasteiger partial charge in [-0.2, -0.15) is 5.10 Å².